The Labute approximate surface area is 121 Å². The SMILES string of the molecule is CCC1CCC(Cc2cccc(F)c2Br)(C(=O)O)C1. The van der Waals surface area contributed by atoms with E-state index in [2.05, 4.69) is 22.9 Å². The molecule has 1 aliphatic carbocycles. The maximum absolute atomic E-state index is 13.5. The lowest BCUT2D eigenvalue weighted by Crippen LogP contribution is -2.31. The molecule has 2 unspecified atom stereocenters. The molecule has 1 N–H and O–H groups in total. The van der Waals surface area contributed by atoms with E-state index < -0.39 is 11.4 Å². The van der Waals surface area contributed by atoms with Gasteiger partial charge < -0.3 is 5.11 Å². The van der Waals surface area contributed by atoms with Crippen LogP contribution in [0, 0.1) is 17.2 Å². The largest absolute Gasteiger partial charge is 0.481 e. The van der Waals surface area contributed by atoms with Gasteiger partial charge in [-0.1, -0.05) is 25.5 Å². The standard InChI is InChI=1S/C15H18BrFO2/c1-2-10-6-7-15(8-10,14(18)19)9-11-4-3-5-12(17)13(11)16/h3-5,10H,2,6-9H2,1H3,(H,18,19). The summed E-state index contributed by atoms with van der Waals surface area (Å²) in [6.45, 7) is 2.10. The van der Waals surface area contributed by atoms with E-state index in [0.717, 1.165) is 18.4 Å². The van der Waals surface area contributed by atoms with Crippen molar-refractivity contribution in [3.63, 3.8) is 0 Å². The highest BCUT2D eigenvalue weighted by atomic mass is 79.9. The fraction of sp³-hybridized carbons (Fsp3) is 0.533. The quantitative estimate of drug-likeness (QED) is 0.888. The van der Waals surface area contributed by atoms with E-state index in [1.54, 1.807) is 12.1 Å². The van der Waals surface area contributed by atoms with Crippen molar-refractivity contribution in [1.82, 2.24) is 0 Å². The molecule has 0 aliphatic heterocycles. The van der Waals surface area contributed by atoms with E-state index in [1.165, 1.54) is 6.07 Å². The molecular weight excluding hydrogens is 311 g/mol. The summed E-state index contributed by atoms with van der Waals surface area (Å²) in [5.41, 5.74) is 0.0240. The summed E-state index contributed by atoms with van der Waals surface area (Å²) in [7, 11) is 0. The van der Waals surface area contributed by atoms with Gasteiger partial charge in [0.1, 0.15) is 5.82 Å². The lowest BCUT2D eigenvalue weighted by atomic mass is 9.79. The van der Waals surface area contributed by atoms with Crippen LogP contribution in [0.5, 0.6) is 0 Å². The van der Waals surface area contributed by atoms with Crippen molar-refractivity contribution < 1.29 is 14.3 Å². The maximum atomic E-state index is 13.5. The average molecular weight is 329 g/mol. The van der Waals surface area contributed by atoms with Crippen molar-refractivity contribution in [2.24, 2.45) is 11.3 Å². The van der Waals surface area contributed by atoms with Gasteiger partial charge in [-0.3, -0.25) is 4.79 Å². The molecule has 2 nitrogen and oxygen atoms in total. The molecule has 0 heterocycles. The van der Waals surface area contributed by atoms with Crippen LogP contribution < -0.4 is 0 Å². The third-order valence-electron chi connectivity index (χ3n) is 4.30. The Balaban J connectivity index is 2.28. The summed E-state index contributed by atoms with van der Waals surface area (Å²) in [6.07, 6.45) is 3.75. The Morgan fingerprint density at radius 2 is 2.32 bits per heavy atom. The Kier molecular flexibility index (Phi) is 4.29. The zero-order valence-corrected chi connectivity index (χ0v) is 12.5. The van der Waals surface area contributed by atoms with Crippen molar-refractivity contribution in [3.8, 4) is 0 Å². The molecule has 0 amide bonds. The van der Waals surface area contributed by atoms with Crippen molar-refractivity contribution >= 4 is 21.9 Å². The number of rotatable bonds is 4. The molecule has 1 aliphatic rings. The highest BCUT2D eigenvalue weighted by molar-refractivity contribution is 9.10. The normalized spacial score (nSPS) is 26.6. The van der Waals surface area contributed by atoms with Crippen LogP contribution >= 0.6 is 15.9 Å². The molecule has 1 aromatic carbocycles. The zero-order valence-electron chi connectivity index (χ0n) is 11.0. The van der Waals surface area contributed by atoms with Crippen molar-refractivity contribution in [1.29, 1.82) is 0 Å². The number of benzene rings is 1. The highest BCUT2D eigenvalue weighted by Gasteiger charge is 2.45. The second-order valence-electron chi connectivity index (χ2n) is 5.49. The van der Waals surface area contributed by atoms with Crippen LogP contribution in [0.25, 0.3) is 0 Å². The molecular formula is C15H18BrFO2. The van der Waals surface area contributed by atoms with Crippen molar-refractivity contribution in [2.75, 3.05) is 0 Å². The monoisotopic (exact) mass is 328 g/mol. The summed E-state index contributed by atoms with van der Waals surface area (Å²) >= 11 is 3.23. The first-order chi connectivity index (χ1) is 8.98. The van der Waals surface area contributed by atoms with E-state index >= 15 is 0 Å². The fourth-order valence-corrected chi connectivity index (χ4v) is 3.47. The molecule has 2 atom stereocenters. The molecule has 104 valence electrons. The molecule has 19 heavy (non-hydrogen) atoms. The fourth-order valence-electron chi connectivity index (χ4n) is 3.07. The number of aliphatic carboxylic acids is 1. The van der Waals surface area contributed by atoms with Crippen LogP contribution in [0.15, 0.2) is 22.7 Å². The minimum atomic E-state index is -0.750. The topological polar surface area (TPSA) is 37.3 Å². The van der Waals surface area contributed by atoms with Gasteiger partial charge in [0.2, 0.25) is 0 Å². The molecule has 0 radical (unpaired) electrons. The molecule has 0 aromatic heterocycles. The summed E-state index contributed by atoms with van der Waals surface area (Å²) in [4.78, 5) is 11.7. The summed E-state index contributed by atoms with van der Waals surface area (Å²) < 4.78 is 13.9. The molecule has 2 rings (SSSR count). The summed E-state index contributed by atoms with van der Waals surface area (Å²) in [5.74, 6) is -0.605. The van der Waals surface area contributed by atoms with Crippen molar-refractivity contribution in [2.45, 2.75) is 39.0 Å². The highest BCUT2D eigenvalue weighted by Crippen LogP contribution is 2.46. The summed E-state index contributed by atoms with van der Waals surface area (Å²) in [5, 5.41) is 9.59. The summed E-state index contributed by atoms with van der Waals surface area (Å²) in [6, 6.07) is 4.82. The number of halogens is 2. The molecule has 0 saturated heterocycles. The van der Waals surface area contributed by atoms with Crippen LogP contribution in [0.3, 0.4) is 0 Å². The van der Waals surface area contributed by atoms with E-state index in [4.69, 9.17) is 0 Å². The molecule has 1 fully saturated rings. The second-order valence-corrected chi connectivity index (χ2v) is 6.29. The van der Waals surface area contributed by atoms with E-state index in [1.807, 2.05) is 0 Å². The van der Waals surface area contributed by atoms with Gasteiger partial charge in [0.15, 0.2) is 0 Å². The van der Waals surface area contributed by atoms with Crippen LogP contribution in [-0.4, -0.2) is 11.1 Å². The van der Waals surface area contributed by atoms with Crippen LogP contribution in [-0.2, 0) is 11.2 Å². The number of carbonyl (C=O) groups is 1. The van der Waals surface area contributed by atoms with Gasteiger partial charge in [-0.05, 0) is 59.2 Å². The second kappa shape index (κ2) is 5.61. The third-order valence-corrected chi connectivity index (χ3v) is 5.19. The van der Waals surface area contributed by atoms with Gasteiger partial charge in [-0.25, -0.2) is 4.39 Å². The molecule has 0 spiro atoms. The van der Waals surface area contributed by atoms with Crippen molar-refractivity contribution in [3.05, 3.63) is 34.1 Å². The third kappa shape index (κ3) is 2.83. The Morgan fingerprint density at radius 3 is 2.89 bits per heavy atom. The zero-order chi connectivity index (χ0) is 14.0. The van der Waals surface area contributed by atoms with Crippen LogP contribution in [0.1, 0.15) is 38.2 Å². The lowest BCUT2D eigenvalue weighted by molar-refractivity contribution is -0.148. The van der Waals surface area contributed by atoms with Gasteiger partial charge in [0, 0.05) is 0 Å². The van der Waals surface area contributed by atoms with Gasteiger partial charge in [-0.15, -0.1) is 0 Å². The number of hydrogen-bond donors (Lipinski definition) is 1. The Hall–Kier alpha value is -0.900. The molecule has 1 aromatic rings. The predicted molar refractivity (Wildman–Crippen MR) is 75.5 cm³/mol. The number of carboxylic acids is 1. The average Bonchev–Trinajstić information content (AvgIpc) is 2.80. The molecule has 4 heteroatoms. The minimum Gasteiger partial charge on any atom is -0.481 e. The molecule has 1 saturated carbocycles. The van der Waals surface area contributed by atoms with E-state index in [-0.39, 0.29) is 5.82 Å². The van der Waals surface area contributed by atoms with Gasteiger partial charge in [-0.2, -0.15) is 0 Å². The lowest BCUT2D eigenvalue weighted by Gasteiger charge is -2.25. The number of hydrogen-bond acceptors (Lipinski definition) is 1. The van der Waals surface area contributed by atoms with Crippen LogP contribution in [0.4, 0.5) is 4.39 Å². The Bertz CT molecular complexity index is 489. The first-order valence-electron chi connectivity index (χ1n) is 6.65. The van der Waals surface area contributed by atoms with E-state index in [0.29, 0.717) is 29.7 Å². The Morgan fingerprint density at radius 1 is 1.58 bits per heavy atom. The first kappa shape index (κ1) is 14.5. The predicted octanol–water partition coefficient (Wildman–Crippen LogP) is 4.41. The first-order valence-corrected chi connectivity index (χ1v) is 7.44. The smallest absolute Gasteiger partial charge is 0.309 e. The van der Waals surface area contributed by atoms with Crippen LogP contribution in [0.2, 0.25) is 0 Å². The van der Waals surface area contributed by atoms with E-state index in [9.17, 15) is 14.3 Å². The molecule has 0 bridgehead atoms. The van der Waals surface area contributed by atoms with Gasteiger partial charge >= 0.3 is 5.97 Å². The minimum absolute atomic E-state index is 0.330. The number of carboxylic acid groups (broad SMARTS) is 1. The van der Waals surface area contributed by atoms with Gasteiger partial charge in [0.25, 0.3) is 0 Å². The maximum Gasteiger partial charge on any atom is 0.309 e. The van der Waals surface area contributed by atoms with Gasteiger partial charge in [0.05, 0.1) is 9.89 Å².